The van der Waals surface area contributed by atoms with Gasteiger partial charge in [0.25, 0.3) is 5.91 Å². The van der Waals surface area contributed by atoms with Gasteiger partial charge in [-0.3, -0.25) is 9.59 Å². The van der Waals surface area contributed by atoms with Crippen molar-refractivity contribution in [1.82, 2.24) is 5.32 Å². The Labute approximate surface area is 188 Å². The van der Waals surface area contributed by atoms with Gasteiger partial charge < -0.3 is 20.7 Å². The molecule has 2 aromatic rings. The lowest BCUT2D eigenvalue weighted by Gasteiger charge is -2.23. The van der Waals surface area contributed by atoms with Crippen LogP contribution in [0.3, 0.4) is 0 Å². The van der Waals surface area contributed by atoms with Crippen molar-refractivity contribution in [2.24, 2.45) is 0 Å². The van der Waals surface area contributed by atoms with E-state index in [0.29, 0.717) is 16.3 Å². The molecule has 1 fully saturated rings. The van der Waals surface area contributed by atoms with E-state index in [1.54, 1.807) is 18.2 Å². The molecule has 166 valence electrons. The molecule has 0 aliphatic heterocycles. The minimum Gasteiger partial charge on any atom is -0.491 e. The van der Waals surface area contributed by atoms with Crippen molar-refractivity contribution in [2.75, 3.05) is 17.2 Å². The highest BCUT2D eigenvalue weighted by molar-refractivity contribution is 6.34. The predicted molar refractivity (Wildman–Crippen MR) is 125 cm³/mol. The first-order valence-electron chi connectivity index (χ1n) is 10.8. The summed E-state index contributed by atoms with van der Waals surface area (Å²) in [7, 11) is 0. The second-order valence-electron chi connectivity index (χ2n) is 8.10. The molecule has 7 heteroatoms. The van der Waals surface area contributed by atoms with Gasteiger partial charge in [-0.1, -0.05) is 30.9 Å². The SMILES string of the molecule is CC(C)Oc1ccc(NCC(=O)Nc2ccc(Cl)c(C(=O)NC3CCCCC3)c2)cc1. The molecule has 3 N–H and O–H groups in total. The first-order chi connectivity index (χ1) is 14.9. The van der Waals surface area contributed by atoms with Gasteiger partial charge in [-0.2, -0.15) is 0 Å². The van der Waals surface area contributed by atoms with E-state index in [1.807, 2.05) is 38.1 Å². The fourth-order valence-electron chi connectivity index (χ4n) is 3.60. The zero-order chi connectivity index (χ0) is 22.2. The van der Waals surface area contributed by atoms with Crippen molar-refractivity contribution in [2.45, 2.75) is 58.1 Å². The van der Waals surface area contributed by atoms with Crippen LogP contribution >= 0.6 is 11.6 Å². The molecule has 1 aliphatic rings. The number of halogens is 1. The zero-order valence-corrected chi connectivity index (χ0v) is 18.8. The van der Waals surface area contributed by atoms with Crippen molar-refractivity contribution in [3.63, 3.8) is 0 Å². The molecular formula is C24H30ClN3O3. The summed E-state index contributed by atoms with van der Waals surface area (Å²) >= 11 is 6.23. The Morgan fingerprint density at radius 3 is 2.39 bits per heavy atom. The van der Waals surface area contributed by atoms with Crippen LogP contribution in [0, 0.1) is 0 Å². The summed E-state index contributed by atoms with van der Waals surface area (Å²) in [5, 5.41) is 9.32. The quantitative estimate of drug-likeness (QED) is 0.521. The largest absolute Gasteiger partial charge is 0.491 e. The molecular weight excluding hydrogens is 414 g/mol. The van der Waals surface area contributed by atoms with Crippen molar-refractivity contribution >= 4 is 34.8 Å². The van der Waals surface area contributed by atoms with E-state index < -0.39 is 0 Å². The number of carbonyl (C=O) groups is 2. The second kappa shape index (κ2) is 11.0. The van der Waals surface area contributed by atoms with Gasteiger partial charge >= 0.3 is 0 Å². The maximum Gasteiger partial charge on any atom is 0.253 e. The average molecular weight is 444 g/mol. The molecule has 1 saturated carbocycles. The topological polar surface area (TPSA) is 79.5 Å². The summed E-state index contributed by atoms with van der Waals surface area (Å²) in [6, 6.07) is 12.6. The van der Waals surface area contributed by atoms with Crippen molar-refractivity contribution in [1.29, 1.82) is 0 Å². The van der Waals surface area contributed by atoms with E-state index in [0.717, 1.165) is 37.1 Å². The van der Waals surface area contributed by atoms with Crippen LogP contribution < -0.4 is 20.7 Å². The van der Waals surface area contributed by atoms with Gasteiger partial charge in [0.2, 0.25) is 5.91 Å². The molecule has 6 nitrogen and oxygen atoms in total. The van der Waals surface area contributed by atoms with Crippen molar-refractivity contribution < 1.29 is 14.3 Å². The molecule has 0 unspecified atom stereocenters. The first kappa shape index (κ1) is 22.9. The number of ether oxygens (including phenoxy) is 1. The molecule has 0 atom stereocenters. The Kier molecular flexibility index (Phi) is 8.18. The number of benzene rings is 2. The zero-order valence-electron chi connectivity index (χ0n) is 18.0. The summed E-state index contributed by atoms with van der Waals surface area (Å²) in [5.74, 6) is 0.364. The molecule has 0 saturated heterocycles. The molecule has 2 amide bonds. The molecule has 0 aromatic heterocycles. The normalized spacial score (nSPS) is 14.2. The van der Waals surface area contributed by atoms with Crippen LogP contribution in [0.1, 0.15) is 56.3 Å². The lowest BCUT2D eigenvalue weighted by molar-refractivity contribution is -0.114. The Morgan fingerprint density at radius 2 is 1.71 bits per heavy atom. The van der Waals surface area contributed by atoms with Gasteiger partial charge in [0.1, 0.15) is 5.75 Å². The third kappa shape index (κ3) is 7.17. The van der Waals surface area contributed by atoms with E-state index in [1.165, 1.54) is 6.42 Å². The van der Waals surface area contributed by atoms with Crippen LogP contribution in [0.15, 0.2) is 42.5 Å². The summed E-state index contributed by atoms with van der Waals surface area (Å²) in [4.78, 5) is 25.0. The average Bonchev–Trinajstić information content (AvgIpc) is 2.75. The smallest absolute Gasteiger partial charge is 0.253 e. The summed E-state index contributed by atoms with van der Waals surface area (Å²) in [5.41, 5.74) is 1.72. The molecule has 0 radical (unpaired) electrons. The van der Waals surface area contributed by atoms with Crippen molar-refractivity contribution in [3.8, 4) is 5.75 Å². The van der Waals surface area contributed by atoms with E-state index in [9.17, 15) is 9.59 Å². The highest BCUT2D eigenvalue weighted by atomic mass is 35.5. The lowest BCUT2D eigenvalue weighted by Crippen LogP contribution is -2.36. The number of amides is 2. The highest BCUT2D eigenvalue weighted by Gasteiger charge is 2.19. The number of carbonyl (C=O) groups excluding carboxylic acids is 2. The number of hydrogen-bond donors (Lipinski definition) is 3. The highest BCUT2D eigenvalue weighted by Crippen LogP contribution is 2.23. The minimum absolute atomic E-state index is 0.0939. The van der Waals surface area contributed by atoms with E-state index in [4.69, 9.17) is 16.3 Å². The summed E-state index contributed by atoms with van der Waals surface area (Å²) < 4.78 is 5.61. The van der Waals surface area contributed by atoms with Crippen LogP contribution in [0.2, 0.25) is 5.02 Å². The van der Waals surface area contributed by atoms with Gasteiger partial charge in [-0.15, -0.1) is 0 Å². The standard InChI is InChI=1S/C24H30ClN3O3/c1-16(2)31-20-11-8-17(9-12-20)26-15-23(29)27-19-10-13-22(25)21(14-19)24(30)28-18-6-4-3-5-7-18/h8-14,16,18,26H,3-7,15H2,1-2H3,(H,27,29)(H,28,30). The summed E-state index contributed by atoms with van der Waals surface area (Å²) in [6.07, 6.45) is 5.59. The third-order valence-corrected chi connectivity index (χ3v) is 5.44. The van der Waals surface area contributed by atoms with E-state index in [2.05, 4.69) is 16.0 Å². The number of anilines is 2. The molecule has 0 heterocycles. The van der Waals surface area contributed by atoms with Crippen LogP contribution in [-0.4, -0.2) is 30.5 Å². The van der Waals surface area contributed by atoms with Gasteiger partial charge in [0.05, 0.1) is 23.2 Å². The van der Waals surface area contributed by atoms with Gasteiger partial charge in [-0.25, -0.2) is 0 Å². The molecule has 3 rings (SSSR count). The van der Waals surface area contributed by atoms with Crippen LogP contribution in [0.25, 0.3) is 0 Å². The van der Waals surface area contributed by atoms with Crippen LogP contribution in [-0.2, 0) is 4.79 Å². The molecule has 2 aromatic carbocycles. The molecule has 0 bridgehead atoms. The first-order valence-corrected chi connectivity index (χ1v) is 11.2. The van der Waals surface area contributed by atoms with Crippen molar-refractivity contribution in [3.05, 3.63) is 53.1 Å². The van der Waals surface area contributed by atoms with E-state index >= 15 is 0 Å². The van der Waals surface area contributed by atoms with E-state index in [-0.39, 0.29) is 30.5 Å². The molecule has 0 spiro atoms. The summed E-state index contributed by atoms with van der Waals surface area (Å²) in [6.45, 7) is 4.03. The minimum atomic E-state index is -0.219. The molecule has 1 aliphatic carbocycles. The Balaban J connectivity index is 1.53. The fourth-order valence-corrected chi connectivity index (χ4v) is 3.80. The van der Waals surface area contributed by atoms with Gasteiger partial charge in [0, 0.05) is 17.4 Å². The molecule has 31 heavy (non-hydrogen) atoms. The number of nitrogens with one attached hydrogen (secondary N) is 3. The maximum absolute atomic E-state index is 12.6. The van der Waals surface area contributed by atoms with Crippen LogP contribution in [0.4, 0.5) is 11.4 Å². The lowest BCUT2D eigenvalue weighted by atomic mass is 9.95. The number of rotatable bonds is 8. The number of hydrogen-bond acceptors (Lipinski definition) is 4. The fraction of sp³-hybridized carbons (Fsp3) is 0.417. The Bertz CT molecular complexity index is 893. The Morgan fingerprint density at radius 1 is 1.03 bits per heavy atom. The Hall–Kier alpha value is -2.73. The van der Waals surface area contributed by atoms with Crippen LogP contribution in [0.5, 0.6) is 5.75 Å². The second-order valence-corrected chi connectivity index (χ2v) is 8.50. The monoisotopic (exact) mass is 443 g/mol. The third-order valence-electron chi connectivity index (χ3n) is 5.11. The maximum atomic E-state index is 12.6. The predicted octanol–water partition coefficient (Wildman–Crippen LogP) is 5.24. The van der Waals surface area contributed by atoms with Gasteiger partial charge in [-0.05, 0) is 69.2 Å². The van der Waals surface area contributed by atoms with Gasteiger partial charge in [0.15, 0.2) is 0 Å².